The second-order valence-corrected chi connectivity index (χ2v) is 5.15. The molecule has 0 saturated heterocycles. The molecule has 3 heterocycles. The molecule has 6 heteroatoms. The van der Waals surface area contributed by atoms with E-state index in [-0.39, 0.29) is 0 Å². The van der Waals surface area contributed by atoms with Crippen molar-refractivity contribution >= 4 is 11.8 Å². The fraction of sp³-hybridized carbons (Fsp3) is 0.133. The van der Waals surface area contributed by atoms with Crippen molar-refractivity contribution in [3.63, 3.8) is 0 Å². The maximum Gasteiger partial charge on any atom is 0.213 e. The second-order valence-electron chi connectivity index (χ2n) is 4.27. The monoisotopic (exact) mass is 298 g/mol. The van der Waals surface area contributed by atoms with Gasteiger partial charge in [-0.2, -0.15) is 5.10 Å². The molecule has 5 nitrogen and oxygen atoms in total. The number of aromatic nitrogens is 4. The standard InChI is InChI=1S/C15H14N4OS/c1-20-15-4-3-11(10-17-15)19-14(6-8-18-19)13-9-12(21-2)5-7-16-13/h3-10H,1-2H3. The highest BCUT2D eigenvalue weighted by Gasteiger charge is 2.09. The first-order valence-corrected chi connectivity index (χ1v) is 7.59. The van der Waals surface area contributed by atoms with Gasteiger partial charge in [0, 0.05) is 17.2 Å². The molecule has 3 aromatic rings. The average molecular weight is 298 g/mol. The van der Waals surface area contributed by atoms with Crippen LogP contribution < -0.4 is 4.74 Å². The van der Waals surface area contributed by atoms with E-state index < -0.39 is 0 Å². The van der Waals surface area contributed by atoms with Crippen molar-refractivity contribution in [1.82, 2.24) is 19.7 Å². The van der Waals surface area contributed by atoms with Gasteiger partial charge in [0.25, 0.3) is 0 Å². The van der Waals surface area contributed by atoms with E-state index in [0.717, 1.165) is 17.1 Å². The van der Waals surface area contributed by atoms with Crippen molar-refractivity contribution in [2.75, 3.05) is 13.4 Å². The molecular weight excluding hydrogens is 284 g/mol. The van der Waals surface area contributed by atoms with E-state index in [1.165, 1.54) is 4.90 Å². The van der Waals surface area contributed by atoms with Gasteiger partial charge in [0.2, 0.25) is 5.88 Å². The molecule has 3 aromatic heterocycles. The summed E-state index contributed by atoms with van der Waals surface area (Å²) >= 11 is 1.69. The van der Waals surface area contributed by atoms with E-state index in [4.69, 9.17) is 4.74 Å². The predicted octanol–water partition coefficient (Wildman–Crippen LogP) is 3.06. The number of methoxy groups -OCH3 is 1. The van der Waals surface area contributed by atoms with Crippen LogP contribution in [-0.2, 0) is 0 Å². The van der Waals surface area contributed by atoms with Crippen LogP contribution in [0.4, 0.5) is 0 Å². The maximum absolute atomic E-state index is 5.08. The average Bonchev–Trinajstić information content (AvgIpc) is 3.04. The molecule has 0 fully saturated rings. The minimum absolute atomic E-state index is 0.579. The van der Waals surface area contributed by atoms with Crippen LogP contribution in [0.1, 0.15) is 0 Å². The topological polar surface area (TPSA) is 52.8 Å². The van der Waals surface area contributed by atoms with Crippen LogP contribution in [0.5, 0.6) is 5.88 Å². The number of ether oxygens (including phenoxy) is 1. The summed E-state index contributed by atoms with van der Waals surface area (Å²) in [5, 5.41) is 4.36. The Morgan fingerprint density at radius 3 is 2.71 bits per heavy atom. The van der Waals surface area contributed by atoms with Gasteiger partial charge in [-0.3, -0.25) is 4.98 Å². The van der Waals surface area contributed by atoms with Crippen molar-refractivity contribution in [3.8, 4) is 23.0 Å². The van der Waals surface area contributed by atoms with Gasteiger partial charge in [0.15, 0.2) is 0 Å². The first-order valence-electron chi connectivity index (χ1n) is 6.36. The Kier molecular flexibility index (Phi) is 3.87. The van der Waals surface area contributed by atoms with E-state index in [9.17, 15) is 0 Å². The lowest BCUT2D eigenvalue weighted by atomic mass is 10.2. The number of nitrogens with zero attached hydrogens (tertiary/aromatic N) is 4. The third-order valence-corrected chi connectivity index (χ3v) is 3.77. The first-order chi connectivity index (χ1) is 10.3. The molecule has 0 atom stereocenters. The first kappa shape index (κ1) is 13.6. The summed E-state index contributed by atoms with van der Waals surface area (Å²) in [5.74, 6) is 0.579. The van der Waals surface area contributed by atoms with Crippen molar-refractivity contribution in [2.24, 2.45) is 0 Å². The van der Waals surface area contributed by atoms with Gasteiger partial charge >= 0.3 is 0 Å². The van der Waals surface area contributed by atoms with Crippen LogP contribution >= 0.6 is 11.8 Å². The van der Waals surface area contributed by atoms with E-state index in [0.29, 0.717) is 5.88 Å². The smallest absolute Gasteiger partial charge is 0.213 e. The summed E-state index contributed by atoms with van der Waals surface area (Å²) in [6, 6.07) is 9.71. The highest BCUT2D eigenvalue weighted by Crippen LogP contribution is 2.24. The quantitative estimate of drug-likeness (QED) is 0.693. The third kappa shape index (κ3) is 2.75. The van der Waals surface area contributed by atoms with Crippen LogP contribution in [0, 0.1) is 0 Å². The lowest BCUT2D eigenvalue weighted by molar-refractivity contribution is 0.397. The Balaban J connectivity index is 2.03. The molecule has 0 unspecified atom stereocenters. The number of hydrogen-bond donors (Lipinski definition) is 0. The van der Waals surface area contributed by atoms with Crippen molar-refractivity contribution < 1.29 is 4.74 Å². The minimum Gasteiger partial charge on any atom is -0.481 e. The molecule has 106 valence electrons. The lowest BCUT2D eigenvalue weighted by Gasteiger charge is -2.08. The zero-order valence-corrected chi connectivity index (χ0v) is 12.5. The molecule has 0 N–H and O–H groups in total. The maximum atomic E-state index is 5.08. The Labute approximate surface area is 127 Å². The molecule has 0 amide bonds. The molecule has 0 aliphatic rings. The summed E-state index contributed by atoms with van der Waals surface area (Å²) in [5.41, 5.74) is 2.68. The number of hydrogen-bond acceptors (Lipinski definition) is 5. The number of pyridine rings is 2. The number of rotatable bonds is 4. The van der Waals surface area contributed by atoms with E-state index in [2.05, 4.69) is 21.1 Å². The van der Waals surface area contributed by atoms with Crippen LogP contribution in [0.3, 0.4) is 0 Å². The van der Waals surface area contributed by atoms with Gasteiger partial charge in [-0.05, 0) is 30.5 Å². The van der Waals surface area contributed by atoms with Gasteiger partial charge in [-0.1, -0.05) is 0 Å². The number of thioether (sulfide) groups is 1. The van der Waals surface area contributed by atoms with Gasteiger partial charge in [0.1, 0.15) is 0 Å². The van der Waals surface area contributed by atoms with Crippen LogP contribution in [0.15, 0.2) is 53.8 Å². The largest absolute Gasteiger partial charge is 0.481 e. The minimum atomic E-state index is 0.579. The van der Waals surface area contributed by atoms with E-state index in [1.54, 1.807) is 31.3 Å². The molecule has 0 saturated carbocycles. The highest BCUT2D eigenvalue weighted by atomic mass is 32.2. The van der Waals surface area contributed by atoms with E-state index >= 15 is 0 Å². The molecule has 0 aromatic carbocycles. The molecule has 0 bridgehead atoms. The van der Waals surface area contributed by atoms with Crippen LogP contribution in [0.25, 0.3) is 17.1 Å². The van der Waals surface area contributed by atoms with Crippen molar-refractivity contribution in [2.45, 2.75) is 4.90 Å². The zero-order valence-electron chi connectivity index (χ0n) is 11.7. The molecule has 3 rings (SSSR count). The second kappa shape index (κ2) is 5.97. The van der Waals surface area contributed by atoms with Crippen molar-refractivity contribution in [3.05, 3.63) is 48.9 Å². The lowest BCUT2D eigenvalue weighted by Crippen LogP contribution is -2.01. The Morgan fingerprint density at radius 2 is 2.00 bits per heavy atom. The summed E-state index contributed by atoms with van der Waals surface area (Å²) in [7, 11) is 1.60. The molecule has 0 aliphatic carbocycles. The molecule has 0 aliphatic heterocycles. The molecular formula is C15H14N4OS. The predicted molar refractivity (Wildman–Crippen MR) is 82.9 cm³/mol. The molecule has 0 spiro atoms. The van der Waals surface area contributed by atoms with Crippen LogP contribution in [-0.4, -0.2) is 33.1 Å². The zero-order chi connectivity index (χ0) is 14.7. The van der Waals surface area contributed by atoms with Crippen molar-refractivity contribution in [1.29, 1.82) is 0 Å². The Hall–Kier alpha value is -2.34. The van der Waals surface area contributed by atoms with Gasteiger partial charge in [0.05, 0.1) is 36.6 Å². The Bertz CT molecular complexity index is 739. The SMILES string of the molecule is COc1ccc(-n2nccc2-c2cc(SC)ccn2)cn1. The normalized spacial score (nSPS) is 10.6. The fourth-order valence-corrected chi connectivity index (χ4v) is 2.43. The third-order valence-electron chi connectivity index (χ3n) is 3.05. The van der Waals surface area contributed by atoms with Gasteiger partial charge < -0.3 is 4.74 Å². The summed E-state index contributed by atoms with van der Waals surface area (Å²) in [4.78, 5) is 9.81. The molecule has 21 heavy (non-hydrogen) atoms. The Morgan fingerprint density at radius 1 is 1.10 bits per heavy atom. The highest BCUT2D eigenvalue weighted by molar-refractivity contribution is 7.98. The van der Waals surface area contributed by atoms with Crippen LogP contribution in [0.2, 0.25) is 0 Å². The summed E-state index contributed by atoms with van der Waals surface area (Å²) in [6.45, 7) is 0. The molecule has 0 radical (unpaired) electrons. The summed E-state index contributed by atoms with van der Waals surface area (Å²) < 4.78 is 6.89. The van der Waals surface area contributed by atoms with Gasteiger partial charge in [-0.15, -0.1) is 11.8 Å². The summed E-state index contributed by atoms with van der Waals surface area (Å²) in [6.07, 6.45) is 7.34. The van der Waals surface area contributed by atoms with E-state index in [1.807, 2.05) is 41.4 Å². The fourth-order valence-electron chi connectivity index (χ4n) is 2.00. The van der Waals surface area contributed by atoms with Gasteiger partial charge in [-0.25, -0.2) is 9.67 Å².